The van der Waals surface area contributed by atoms with Crippen LogP contribution in [0.3, 0.4) is 0 Å². The summed E-state index contributed by atoms with van der Waals surface area (Å²) in [6, 6.07) is 4.16. The molecule has 0 unspecified atom stereocenters. The second-order valence-electron chi connectivity index (χ2n) is 8.72. The van der Waals surface area contributed by atoms with Gasteiger partial charge in [0.2, 0.25) is 20.0 Å². The Balaban J connectivity index is 2.38. The number of sulfonamides is 2. The maximum absolute atomic E-state index is 12.4. The lowest BCUT2D eigenvalue weighted by Crippen LogP contribution is -2.18. The van der Waals surface area contributed by atoms with E-state index in [0.29, 0.717) is 13.0 Å². The summed E-state index contributed by atoms with van der Waals surface area (Å²) in [5.74, 6) is 0.138. The summed E-state index contributed by atoms with van der Waals surface area (Å²) in [5, 5.41) is 5.29. The predicted molar refractivity (Wildman–Crippen MR) is 137 cm³/mol. The zero-order valence-electron chi connectivity index (χ0n) is 20.5. The molecule has 0 aliphatic rings. The molecular formula is C24H44N2O5S2. The molecule has 0 atom stereocenters. The molecule has 1 aromatic rings. The normalized spacial score (nSPS) is 12.1. The predicted octanol–water partition coefficient (Wildman–Crippen LogP) is 5.96. The first-order valence-corrected chi connectivity index (χ1v) is 15.7. The number of ether oxygens (including phenoxy) is 1. The van der Waals surface area contributed by atoms with Crippen LogP contribution in [0.25, 0.3) is 0 Å². The van der Waals surface area contributed by atoms with E-state index in [1.165, 1.54) is 69.6 Å². The molecule has 0 aromatic heterocycles. The molecule has 1 rings (SSSR count). The van der Waals surface area contributed by atoms with Crippen molar-refractivity contribution >= 4 is 25.7 Å². The fourth-order valence-electron chi connectivity index (χ4n) is 3.60. The van der Waals surface area contributed by atoms with Crippen LogP contribution in [-0.4, -0.2) is 29.2 Å². The van der Waals surface area contributed by atoms with E-state index in [1.54, 1.807) is 0 Å². The van der Waals surface area contributed by atoms with Gasteiger partial charge in [-0.05, 0) is 31.0 Å². The van der Waals surface area contributed by atoms with Crippen LogP contribution in [0, 0.1) is 0 Å². The zero-order chi connectivity index (χ0) is 24.6. The maximum atomic E-state index is 12.4. The largest absolute Gasteiger partial charge is 0.492 e. The summed E-state index contributed by atoms with van der Waals surface area (Å²) in [6.07, 6.45) is 15.7. The van der Waals surface area contributed by atoms with Crippen molar-refractivity contribution in [1.29, 1.82) is 0 Å². The van der Waals surface area contributed by atoms with E-state index in [9.17, 15) is 16.8 Å². The number of unbranched alkanes of at least 4 members (excludes halogenated alkanes) is 12. The number of hydrogen-bond donors (Lipinski definition) is 2. The average molecular weight is 505 g/mol. The van der Waals surface area contributed by atoms with E-state index < -0.39 is 20.0 Å². The van der Waals surface area contributed by atoms with Crippen LogP contribution >= 0.6 is 0 Å². The maximum Gasteiger partial charge on any atom is 0.241 e. The number of primary sulfonamides is 1. The topological polar surface area (TPSA) is 116 Å². The van der Waals surface area contributed by atoms with Crippen LogP contribution in [0.2, 0.25) is 0 Å². The zero-order valence-corrected chi connectivity index (χ0v) is 22.1. The lowest BCUT2D eigenvalue weighted by atomic mass is 10.1. The third kappa shape index (κ3) is 13.9. The van der Waals surface area contributed by atoms with Crippen molar-refractivity contribution in [3.63, 3.8) is 0 Å². The Morgan fingerprint density at radius 2 is 1.27 bits per heavy atom. The van der Waals surface area contributed by atoms with Crippen molar-refractivity contribution in [2.45, 2.75) is 109 Å². The smallest absolute Gasteiger partial charge is 0.241 e. The van der Waals surface area contributed by atoms with Gasteiger partial charge < -0.3 is 4.74 Å². The molecule has 1 aromatic carbocycles. The molecule has 0 bridgehead atoms. The minimum Gasteiger partial charge on any atom is -0.492 e. The van der Waals surface area contributed by atoms with Gasteiger partial charge in [0.15, 0.2) is 0 Å². The minimum absolute atomic E-state index is 0.00386. The van der Waals surface area contributed by atoms with Gasteiger partial charge in [0, 0.05) is 0 Å². The van der Waals surface area contributed by atoms with Gasteiger partial charge in [0.05, 0.1) is 18.0 Å². The summed E-state index contributed by atoms with van der Waals surface area (Å²) in [6.45, 7) is 4.59. The number of nitrogens with two attached hydrogens (primary N) is 1. The van der Waals surface area contributed by atoms with Crippen LogP contribution in [0.4, 0.5) is 5.69 Å². The van der Waals surface area contributed by atoms with E-state index in [0.717, 1.165) is 32.1 Å². The van der Waals surface area contributed by atoms with Crippen LogP contribution in [0.5, 0.6) is 5.75 Å². The summed E-state index contributed by atoms with van der Waals surface area (Å²) in [5.41, 5.74) is 0.167. The molecule has 9 heteroatoms. The minimum atomic E-state index is -4.05. The van der Waals surface area contributed by atoms with Gasteiger partial charge in [-0.1, -0.05) is 90.9 Å². The quantitative estimate of drug-likeness (QED) is 0.213. The second kappa shape index (κ2) is 16.3. The molecule has 0 saturated heterocycles. The van der Waals surface area contributed by atoms with Crippen LogP contribution < -0.4 is 14.6 Å². The van der Waals surface area contributed by atoms with Crippen molar-refractivity contribution in [2.24, 2.45) is 5.14 Å². The van der Waals surface area contributed by atoms with E-state index in [-0.39, 0.29) is 22.1 Å². The van der Waals surface area contributed by atoms with E-state index >= 15 is 0 Å². The van der Waals surface area contributed by atoms with Gasteiger partial charge in [-0.15, -0.1) is 0 Å². The molecule has 7 nitrogen and oxygen atoms in total. The fourth-order valence-corrected chi connectivity index (χ4v) is 5.47. The molecule has 0 fully saturated rings. The van der Waals surface area contributed by atoms with Crippen molar-refractivity contribution in [1.82, 2.24) is 0 Å². The van der Waals surface area contributed by atoms with Crippen LogP contribution in [-0.2, 0) is 20.0 Å². The third-order valence-corrected chi connectivity index (χ3v) is 7.85. The highest BCUT2D eigenvalue weighted by Crippen LogP contribution is 2.27. The Labute approximate surface area is 202 Å². The Morgan fingerprint density at radius 1 is 0.758 bits per heavy atom. The molecule has 33 heavy (non-hydrogen) atoms. The molecule has 0 amide bonds. The van der Waals surface area contributed by atoms with Crippen molar-refractivity contribution < 1.29 is 21.6 Å². The first kappa shape index (κ1) is 29.7. The molecule has 192 valence electrons. The van der Waals surface area contributed by atoms with Gasteiger partial charge >= 0.3 is 0 Å². The lowest BCUT2D eigenvalue weighted by molar-refractivity contribution is 0.301. The number of nitrogens with one attached hydrogen (secondary N) is 1. The van der Waals surface area contributed by atoms with Crippen LogP contribution in [0.15, 0.2) is 23.1 Å². The van der Waals surface area contributed by atoms with Crippen LogP contribution in [0.1, 0.15) is 104 Å². The summed E-state index contributed by atoms with van der Waals surface area (Å²) < 4.78 is 56.6. The molecule has 0 radical (unpaired) electrons. The van der Waals surface area contributed by atoms with Gasteiger partial charge in [0.1, 0.15) is 10.6 Å². The Hall–Kier alpha value is -1.32. The van der Waals surface area contributed by atoms with E-state index in [2.05, 4.69) is 11.6 Å². The second-order valence-corrected chi connectivity index (χ2v) is 12.1. The Bertz CT molecular complexity index is 871. The van der Waals surface area contributed by atoms with Gasteiger partial charge in [0.25, 0.3) is 0 Å². The SMILES string of the molecule is CCCCCCCCCCCCCCS(=O)(=O)Nc1ccc(OCCCC)c(S(N)(=O)=O)c1. The average Bonchev–Trinajstić information content (AvgIpc) is 2.74. The summed E-state index contributed by atoms with van der Waals surface area (Å²) >= 11 is 0. The summed E-state index contributed by atoms with van der Waals surface area (Å²) in [7, 11) is -7.62. The standard InChI is InChI=1S/C24H44N2O5S2/c1-3-5-7-8-9-10-11-12-13-14-15-16-20-32(27,28)26-22-17-18-23(31-19-6-4-2)24(21-22)33(25,29)30/h17-18,21,26H,3-16,19-20H2,1-2H3,(H2,25,29,30). The molecule has 0 spiro atoms. The number of benzene rings is 1. The summed E-state index contributed by atoms with van der Waals surface area (Å²) in [4.78, 5) is -0.218. The van der Waals surface area contributed by atoms with Gasteiger partial charge in [-0.3, -0.25) is 4.72 Å². The van der Waals surface area contributed by atoms with E-state index in [4.69, 9.17) is 9.88 Å². The van der Waals surface area contributed by atoms with Crippen molar-refractivity contribution in [3.05, 3.63) is 18.2 Å². The van der Waals surface area contributed by atoms with Crippen molar-refractivity contribution in [3.8, 4) is 5.75 Å². The highest BCUT2D eigenvalue weighted by molar-refractivity contribution is 7.92. The monoisotopic (exact) mass is 504 g/mol. The fraction of sp³-hybridized carbons (Fsp3) is 0.750. The van der Waals surface area contributed by atoms with Crippen molar-refractivity contribution in [2.75, 3.05) is 17.1 Å². The molecule has 3 N–H and O–H groups in total. The Morgan fingerprint density at radius 3 is 1.79 bits per heavy atom. The number of anilines is 1. The third-order valence-electron chi connectivity index (χ3n) is 5.55. The van der Waals surface area contributed by atoms with Gasteiger partial charge in [-0.2, -0.15) is 0 Å². The highest BCUT2D eigenvalue weighted by Gasteiger charge is 2.18. The first-order chi connectivity index (χ1) is 15.7. The van der Waals surface area contributed by atoms with Gasteiger partial charge in [-0.25, -0.2) is 22.0 Å². The highest BCUT2D eigenvalue weighted by atomic mass is 32.2. The molecule has 0 saturated carbocycles. The Kier molecular flexibility index (Phi) is 14.7. The lowest BCUT2D eigenvalue weighted by Gasteiger charge is -2.13. The number of rotatable bonds is 20. The van der Waals surface area contributed by atoms with E-state index in [1.807, 2.05) is 6.92 Å². The molecular weight excluding hydrogens is 460 g/mol. The first-order valence-electron chi connectivity index (χ1n) is 12.5. The number of hydrogen-bond acceptors (Lipinski definition) is 5. The molecule has 0 aliphatic heterocycles. The molecule has 0 heterocycles. The molecule has 0 aliphatic carbocycles.